The molecule has 0 aliphatic heterocycles. The van der Waals surface area contributed by atoms with Crippen molar-refractivity contribution in [1.29, 1.82) is 0 Å². The van der Waals surface area contributed by atoms with Crippen LogP contribution in [0.1, 0.15) is 47.0 Å². The molecule has 0 saturated heterocycles. The van der Waals surface area contributed by atoms with Gasteiger partial charge in [0.25, 0.3) is 0 Å². The van der Waals surface area contributed by atoms with Crippen LogP contribution >= 0.6 is 0 Å². The molecule has 3 aromatic rings. The molecule has 0 aliphatic carbocycles. The number of benzene rings is 2. The predicted octanol–water partition coefficient (Wildman–Crippen LogP) is 4.34. The van der Waals surface area contributed by atoms with Gasteiger partial charge < -0.3 is 19.9 Å². The molecule has 0 spiro atoms. The Kier molecular flexibility index (Phi) is 6.20. The van der Waals surface area contributed by atoms with E-state index in [1.165, 1.54) is 7.11 Å². The predicted molar refractivity (Wildman–Crippen MR) is 113 cm³/mol. The zero-order chi connectivity index (χ0) is 21.8. The second-order valence-electron chi connectivity index (χ2n) is 6.72. The lowest BCUT2D eigenvalue weighted by atomic mass is 9.92. The first-order valence-electron chi connectivity index (χ1n) is 9.57. The first-order valence-corrected chi connectivity index (χ1v) is 9.57. The number of hydrogen-bond acceptors (Lipinski definition) is 6. The minimum absolute atomic E-state index is 0.153. The van der Waals surface area contributed by atoms with E-state index < -0.39 is 12.2 Å². The highest BCUT2D eigenvalue weighted by Gasteiger charge is 2.23. The van der Waals surface area contributed by atoms with E-state index in [-0.39, 0.29) is 5.78 Å². The second-order valence-corrected chi connectivity index (χ2v) is 6.72. The van der Waals surface area contributed by atoms with Gasteiger partial charge in [-0.15, -0.1) is 0 Å². The number of nitrogens with two attached hydrogens (primary N) is 1. The molecule has 1 atom stereocenters. The quantitative estimate of drug-likeness (QED) is 0.584. The Hall–Kier alpha value is -3.61. The van der Waals surface area contributed by atoms with Crippen LogP contribution in [0.3, 0.4) is 0 Å². The molecule has 7 nitrogen and oxygen atoms in total. The van der Waals surface area contributed by atoms with Crippen molar-refractivity contribution < 1.29 is 23.8 Å². The summed E-state index contributed by atoms with van der Waals surface area (Å²) in [7, 11) is 1.51. The molecule has 0 aliphatic rings. The van der Waals surface area contributed by atoms with Gasteiger partial charge in [-0.2, -0.15) is 0 Å². The first-order chi connectivity index (χ1) is 14.4. The Morgan fingerprint density at radius 3 is 2.53 bits per heavy atom. The SMILES string of the molecule is CCOc1nccc2c(C(=O)c3ccc(C(C)OC(N)=O)c(OC)c3C)cccc12. The Labute approximate surface area is 174 Å². The lowest BCUT2D eigenvalue weighted by molar-refractivity contribution is 0.103. The lowest BCUT2D eigenvalue weighted by Gasteiger charge is -2.19. The highest BCUT2D eigenvalue weighted by molar-refractivity contribution is 6.17. The number of carbonyl (C=O) groups excluding carboxylic acids is 2. The van der Waals surface area contributed by atoms with Crippen LogP contribution < -0.4 is 15.2 Å². The van der Waals surface area contributed by atoms with Crippen molar-refractivity contribution in [3.05, 3.63) is 64.8 Å². The van der Waals surface area contributed by atoms with Gasteiger partial charge in [0.2, 0.25) is 5.88 Å². The monoisotopic (exact) mass is 408 g/mol. The van der Waals surface area contributed by atoms with Crippen molar-refractivity contribution in [2.24, 2.45) is 5.73 Å². The zero-order valence-electron chi connectivity index (χ0n) is 17.4. The van der Waals surface area contributed by atoms with Crippen molar-refractivity contribution in [1.82, 2.24) is 4.98 Å². The highest BCUT2D eigenvalue weighted by Crippen LogP contribution is 2.35. The van der Waals surface area contributed by atoms with Crippen LogP contribution in [0, 0.1) is 6.92 Å². The van der Waals surface area contributed by atoms with Gasteiger partial charge in [0, 0.05) is 33.8 Å². The van der Waals surface area contributed by atoms with Crippen LogP contribution in [0.15, 0.2) is 42.6 Å². The van der Waals surface area contributed by atoms with Crippen LogP contribution in [-0.4, -0.2) is 30.6 Å². The lowest BCUT2D eigenvalue weighted by Crippen LogP contribution is -2.16. The summed E-state index contributed by atoms with van der Waals surface area (Å²) in [5, 5.41) is 1.53. The third-order valence-corrected chi connectivity index (χ3v) is 4.91. The van der Waals surface area contributed by atoms with E-state index in [9.17, 15) is 9.59 Å². The normalized spacial score (nSPS) is 11.7. The molecule has 2 N–H and O–H groups in total. The van der Waals surface area contributed by atoms with Gasteiger partial charge in [0.1, 0.15) is 11.9 Å². The van der Waals surface area contributed by atoms with Crippen LogP contribution in [0.4, 0.5) is 4.79 Å². The molecule has 1 aromatic heterocycles. The van der Waals surface area contributed by atoms with E-state index in [1.54, 1.807) is 44.3 Å². The number of pyridine rings is 1. The van der Waals surface area contributed by atoms with E-state index in [1.807, 2.05) is 19.1 Å². The van der Waals surface area contributed by atoms with Crippen LogP contribution in [0.2, 0.25) is 0 Å². The highest BCUT2D eigenvalue weighted by atomic mass is 16.6. The third-order valence-electron chi connectivity index (χ3n) is 4.91. The number of ketones is 1. The standard InChI is InChI=1S/C23H24N2O5/c1-5-29-22-19-8-6-7-18(17(19)11-12-25-22)20(26)15-9-10-16(14(3)30-23(24)27)21(28-4)13(15)2/h6-12,14H,5H2,1-4H3,(H2,24,27). The van der Waals surface area contributed by atoms with Gasteiger partial charge in [0.15, 0.2) is 5.78 Å². The minimum Gasteiger partial charge on any atom is -0.496 e. The Bertz CT molecular complexity index is 1110. The molecule has 30 heavy (non-hydrogen) atoms. The maximum absolute atomic E-state index is 13.5. The van der Waals surface area contributed by atoms with Crippen molar-refractivity contribution in [3.63, 3.8) is 0 Å². The molecule has 1 unspecified atom stereocenters. The van der Waals surface area contributed by atoms with Crippen LogP contribution in [-0.2, 0) is 4.74 Å². The molecular formula is C23H24N2O5. The molecule has 156 valence electrons. The second kappa shape index (κ2) is 8.82. The zero-order valence-corrected chi connectivity index (χ0v) is 17.4. The van der Waals surface area contributed by atoms with E-state index >= 15 is 0 Å². The topological polar surface area (TPSA) is 101 Å². The summed E-state index contributed by atoms with van der Waals surface area (Å²) < 4.78 is 16.2. The molecule has 0 saturated carbocycles. The van der Waals surface area contributed by atoms with Gasteiger partial charge in [-0.05, 0) is 38.3 Å². The molecule has 0 fully saturated rings. The van der Waals surface area contributed by atoms with Crippen molar-refractivity contribution in [2.45, 2.75) is 26.9 Å². The number of methoxy groups -OCH3 is 1. The Morgan fingerprint density at radius 2 is 1.87 bits per heavy atom. The summed E-state index contributed by atoms with van der Waals surface area (Å²) in [5.74, 6) is 0.818. The third kappa shape index (κ3) is 3.91. The van der Waals surface area contributed by atoms with Crippen molar-refractivity contribution in [2.75, 3.05) is 13.7 Å². The number of primary amides is 1. The van der Waals surface area contributed by atoms with Gasteiger partial charge >= 0.3 is 6.09 Å². The average Bonchev–Trinajstić information content (AvgIpc) is 2.72. The van der Waals surface area contributed by atoms with E-state index in [2.05, 4.69) is 4.98 Å². The average molecular weight is 408 g/mol. The Morgan fingerprint density at radius 1 is 1.10 bits per heavy atom. The van der Waals surface area contributed by atoms with Gasteiger partial charge in [-0.1, -0.05) is 24.3 Å². The number of amides is 1. The largest absolute Gasteiger partial charge is 0.496 e. The summed E-state index contributed by atoms with van der Waals surface area (Å²) in [6, 6.07) is 10.7. The minimum atomic E-state index is -0.878. The van der Waals surface area contributed by atoms with Crippen molar-refractivity contribution >= 4 is 22.6 Å². The fraction of sp³-hybridized carbons (Fsp3) is 0.261. The molecule has 1 amide bonds. The van der Waals surface area contributed by atoms with Crippen LogP contribution in [0.5, 0.6) is 11.6 Å². The first kappa shape index (κ1) is 21.1. The number of rotatable bonds is 7. The number of nitrogens with zero attached hydrogens (tertiary/aromatic N) is 1. The summed E-state index contributed by atoms with van der Waals surface area (Å²) in [6.45, 7) is 5.85. The summed E-state index contributed by atoms with van der Waals surface area (Å²) in [4.78, 5) is 28.8. The molecule has 7 heteroatoms. The molecule has 0 radical (unpaired) electrons. The van der Waals surface area contributed by atoms with Gasteiger partial charge in [-0.25, -0.2) is 9.78 Å². The van der Waals surface area contributed by atoms with E-state index in [0.29, 0.717) is 40.5 Å². The summed E-state index contributed by atoms with van der Waals surface area (Å²) in [5.41, 5.74) is 7.44. The maximum atomic E-state index is 13.5. The van der Waals surface area contributed by atoms with E-state index in [4.69, 9.17) is 19.9 Å². The van der Waals surface area contributed by atoms with Crippen molar-refractivity contribution in [3.8, 4) is 11.6 Å². The van der Waals surface area contributed by atoms with Crippen LogP contribution in [0.25, 0.3) is 10.8 Å². The molecule has 2 aromatic carbocycles. The van der Waals surface area contributed by atoms with Gasteiger partial charge in [-0.3, -0.25) is 4.79 Å². The number of hydrogen-bond donors (Lipinski definition) is 1. The molecule has 0 bridgehead atoms. The molecule has 3 rings (SSSR count). The van der Waals surface area contributed by atoms with E-state index in [0.717, 1.165) is 10.8 Å². The summed E-state index contributed by atoms with van der Waals surface area (Å²) >= 11 is 0. The fourth-order valence-corrected chi connectivity index (χ4v) is 3.56. The van der Waals surface area contributed by atoms with Gasteiger partial charge in [0.05, 0.1) is 13.7 Å². The number of fused-ring (bicyclic) bond motifs is 1. The fourth-order valence-electron chi connectivity index (χ4n) is 3.56. The number of carbonyl (C=O) groups is 2. The smallest absolute Gasteiger partial charge is 0.405 e. The maximum Gasteiger partial charge on any atom is 0.405 e. The summed E-state index contributed by atoms with van der Waals surface area (Å²) in [6.07, 6.45) is 0.137. The number of ether oxygens (including phenoxy) is 3. The molecular weight excluding hydrogens is 384 g/mol. The molecule has 1 heterocycles. The Balaban J connectivity index is 2.10. The number of aromatic nitrogens is 1.